The Balaban J connectivity index is 2.12. The summed E-state index contributed by atoms with van der Waals surface area (Å²) in [4.78, 5) is 0. The van der Waals surface area contributed by atoms with Crippen molar-refractivity contribution >= 4 is 5.82 Å². The van der Waals surface area contributed by atoms with Gasteiger partial charge in [0.15, 0.2) is 11.6 Å². The molecule has 0 aliphatic carbocycles. The molecule has 16 heavy (non-hydrogen) atoms. The molecule has 0 bridgehead atoms. The van der Waals surface area contributed by atoms with E-state index in [1.807, 2.05) is 0 Å². The molecule has 0 saturated carbocycles. The minimum atomic E-state index is -0.460. The third-order valence-corrected chi connectivity index (χ3v) is 2.34. The molecule has 0 atom stereocenters. The van der Waals surface area contributed by atoms with Crippen LogP contribution in [0.15, 0.2) is 18.2 Å². The molecule has 2 aromatic rings. The number of nitrogen functional groups attached to an aromatic ring is 1. The molecule has 1 aliphatic heterocycles. The predicted molar refractivity (Wildman–Crippen MR) is 54.5 cm³/mol. The van der Waals surface area contributed by atoms with Crippen molar-refractivity contribution in [1.82, 2.24) is 10.2 Å². The highest BCUT2D eigenvalue weighted by Gasteiger charge is 2.20. The number of ether oxygens (including phenoxy) is 2. The van der Waals surface area contributed by atoms with Crippen molar-refractivity contribution in [2.75, 3.05) is 12.5 Å². The maximum Gasteiger partial charge on any atom is 0.231 e. The number of benzene rings is 1. The van der Waals surface area contributed by atoms with Crippen LogP contribution in [0.25, 0.3) is 11.3 Å². The molecule has 1 aromatic carbocycles. The van der Waals surface area contributed by atoms with Gasteiger partial charge < -0.3 is 15.2 Å². The molecule has 3 rings (SSSR count). The van der Waals surface area contributed by atoms with E-state index in [-0.39, 0.29) is 12.5 Å². The fourth-order valence-electron chi connectivity index (χ4n) is 1.61. The second kappa shape index (κ2) is 3.13. The lowest BCUT2D eigenvalue weighted by Crippen LogP contribution is -1.93. The van der Waals surface area contributed by atoms with E-state index in [0.717, 1.165) is 0 Å². The van der Waals surface area contributed by atoms with Gasteiger partial charge in [-0.3, -0.25) is 5.10 Å². The summed E-state index contributed by atoms with van der Waals surface area (Å²) in [7, 11) is 0. The second-order valence-electron chi connectivity index (χ2n) is 3.40. The number of hydrogen-bond donors (Lipinski definition) is 2. The molecule has 2 heterocycles. The fraction of sp³-hybridized carbons (Fsp3) is 0.100. The average Bonchev–Trinajstić information content (AvgIpc) is 2.85. The van der Waals surface area contributed by atoms with Crippen molar-refractivity contribution in [2.24, 2.45) is 0 Å². The van der Waals surface area contributed by atoms with E-state index < -0.39 is 5.82 Å². The summed E-state index contributed by atoms with van der Waals surface area (Å²) in [6.07, 6.45) is 0. The number of aromatic nitrogens is 2. The summed E-state index contributed by atoms with van der Waals surface area (Å²) >= 11 is 0. The number of nitrogens with one attached hydrogen (secondary N) is 1. The van der Waals surface area contributed by atoms with E-state index in [9.17, 15) is 4.39 Å². The van der Waals surface area contributed by atoms with Gasteiger partial charge >= 0.3 is 0 Å². The zero-order chi connectivity index (χ0) is 11.1. The molecule has 1 aliphatic rings. The lowest BCUT2D eigenvalue weighted by molar-refractivity contribution is 0.171. The summed E-state index contributed by atoms with van der Waals surface area (Å²) in [6.45, 7) is 0.0425. The van der Waals surface area contributed by atoms with Gasteiger partial charge in [0.25, 0.3) is 0 Å². The maximum absolute atomic E-state index is 13.6. The van der Waals surface area contributed by atoms with Crippen LogP contribution in [-0.4, -0.2) is 17.0 Å². The minimum Gasteiger partial charge on any atom is -0.453 e. The summed E-state index contributed by atoms with van der Waals surface area (Å²) in [5.74, 6) is 0.436. The number of anilines is 1. The van der Waals surface area contributed by atoms with Crippen molar-refractivity contribution in [1.29, 1.82) is 0 Å². The average molecular weight is 221 g/mol. The molecule has 0 fully saturated rings. The molecule has 0 unspecified atom stereocenters. The first-order chi connectivity index (χ1) is 7.74. The number of nitrogens with two attached hydrogens (primary N) is 1. The molecular formula is C10H8FN3O2. The Labute approximate surface area is 90.0 Å². The first-order valence-corrected chi connectivity index (χ1v) is 4.64. The second-order valence-corrected chi connectivity index (χ2v) is 3.40. The van der Waals surface area contributed by atoms with E-state index in [1.165, 1.54) is 6.07 Å². The van der Waals surface area contributed by atoms with Crippen molar-refractivity contribution in [3.05, 3.63) is 24.0 Å². The van der Waals surface area contributed by atoms with Gasteiger partial charge in [-0.1, -0.05) is 0 Å². The number of H-pyrrole nitrogens is 1. The van der Waals surface area contributed by atoms with Gasteiger partial charge in [0.05, 0.1) is 5.69 Å². The van der Waals surface area contributed by atoms with E-state index in [1.54, 1.807) is 12.1 Å². The molecule has 82 valence electrons. The van der Waals surface area contributed by atoms with Crippen LogP contribution in [0.3, 0.4) is 0 Å². The van der Waals surface area contributed by atoms with Gasteiger partial charge in [0, 0.05) is 11.6 Å². The van der Waals surface area contributed by atoms with Crippen molar-refractivity contribution in [3.8, 4) is 22.8 Å². The number of nitrogens with zero attached hydrogens (tertiary/aromatic N) is 1. The lowest BCUT2D eigenvalue weighted by Gasteiger charge is -2.01. The molecule has 5 nitrogen and oxygen atoms in total. The van der Waals surface area contributed by atoms with Crippen LogP contribution in [0.5, 0.6) is 11.5 Å². The SMILES string of the molecule is Nc1cc(-c2cc(F)c3c(c2)OCO3)[nH]n1. The normalized spacial score (nSPS) is 13.1. The van der Waals surface area contributed by atoms with Crippen molar-refractivity contribution in [3.63, 3.8) is 0 Å². The first kappa shape index (κ1) is 9.02. The van der Waals surface area contributed by atoms with Crippen LogP contribution in [-0.2, 0) is 0 Å². The van der Waals surface area contributed by atoms with E-state index in [4.69, 9.17) is 15.2 Å². The zero-order valence-corrected chi connectivity index (χ0v) is 8.16. The van der Waals surface area contributed by atoms with Gasteiger partial charge in [-0.2, -0.15) is 5.10 Å². The topological polar surface area (TPSA) is 73.2 Å². The summed E-state index contributed by atoms with van der Waals surface area (Å²) < 4.78 is 23.7. The van der Waals surface area contributed by atoms with E-state index >= 15 is 0 Å². The van der Waals surface area contributed by atoms with Crippen LogP contribution in [0.2, 0.25) is 0 Å². The summed E-state index contributed by atoms with van der Waals surface area (Å²) in [6, 6.07) is 4.65. The van der Waals surface area contributed by atoms with Gasteiger partial charge in [0.2, 0.25) is 12.5 Å². The summed E-state index contributed by atoms with van der Waals surface area (Å²) in [5, 5.41) is 6.48. The van der Waals surface area contributed by atoms with Crippen LogP contribution in [0, 0.1) is 5.82 Å². The van der Waals surface area contributed by atoms with Crippen LogP contribution in [0.4, 0.5) is 10.2 Å². The number of fused-ring (bicyclic) bond motifs is 1. The van der Waals surface area contributed by atoms with Gasteiger partial charge in [0.1, 0.15) is 5.82 Å². The Morgan fingerprint density at radius 3 is 2.94 bits per heavy atom. The quantitative estimate of drug-likeness (QED) is 0.765. The Morgan fingerprint density at radius 1 is 1.31 bits per heavy atom. The number of hydrogen-bond acceptors (Lipinski definition) is 4. The highest BCUT2D eigenvalue weighted by atomic mass is 19.1. The third-order valence-electron chi connectivity index (χ3n) is 2.34. The smallest absolute Gasteiger partial charge is 0.231 e. The Morgan fingerprint density at radius 2 is 2.19 bits per heavy atom. The monoisotopic (exact) mass is 221 g/mol. The largest absolute Gasteiger partial charge is 0.453 e. The predicted octanol–water partition coefficient (Wildman–Crippen LogP) is 1.53. The Bertz CT molecular complexity index is 553. The van der Waals surface area contributed by atoms with Gasteiger partial charge in [-0.05, 0) is 12.1 Å². The molecular weight excluding hydrogens is 213 g/mol. The molecule has 0 saturated heterocycles. The molecule has 0 amide bonds. The molecule has 6 heteroatoms. The van der Waals surface area contributed by atoms with Gasteiger partial charge in [-0.25, -0.2) is 4.39 Å². The van der Waals surface area contributed by atoms with E-state index in [2.05, 4.69) is 10.2 Å². The fourth-order valence-corrected chi connectivity index (χ4v) is 1.61. The molecule has 0 spiro atoms. The minimum absolute atomic E-state index is 0.0425. The maximum atomic E-state index is 13.6. The third kappa shape index (κ3) is 1.27. The first-order valence-electron chi connectivity index (χ1n) is 4.64. The number of aromatic amines is 1. The summed E-state index contributed by atoms with van der Waals surface area (Å²) in [5.41, 5.74) is 6.73. The molecule has 3 N–H and O–H groups in total. The number of halogens is 1. The van der Waals surface area contributed by atoms with E-state index in [0.29, 0.717) is 22.8 Å². The molecule has 1 aromatic heterocycles. The highest BCUT2D eigenvalue weighted by molar-refractivity contribution is 5.66. The molecule has 0 radical (unpaired) electrons. The highest BCUT2D eigenvalue weighted by Crippen LogP contribution is 2.38. The zero-order valence-electron chi connectivity index (χ0n) is 8.16. The van der Waals surface area contributed by atoms with Gasteiger partial charge in [-0.15, -0.1) is 0 Å². The number of rotatable bonds is 1. The Kier molecular flexibility index (Phi) is 1.76. The lowest BCUT2D eigenvalue weighted by atomic mass is 10.1. The van der Waals surface area contributed by atoms with Crippen molar-refractivity contribution < 1.29 is 13.9 Å². The van der Waals surface area contributed by atoms with Crippen molar-refractivity contribution in [2.45, 2.75) is 0 Å². The standard InChI is InChI=1S/C10H8FN3O2/c11-6-1-5(7-3-9(12)14-13-7)2-8-10(6)16-4-15-8/h1-3H,4H2,(H3,12,13,14). The van der Waals surface area contributed by atoms with Crippen LogP contribution in [0.1, 0.15) is 0 Å². The Hall–Kier alpha value is -2.24. The van der Waals surface area contributed by atoms with Crippen LogP contribution < -0.4 is 15.2 Å². The van der Waals surface area contributed by atoms with Crippen LogP contribution >= 0.6 is 0 Å².